The van der Waals surface area contributed by atoms with E-state index in [2.05, 4.69) is 30.8 Å². The minimum absolute atomic E-state index is 0.102. The summed E-state index contributed by atoms with van der Waals surface area (Å²) < 4.78 is 5.54. The molecular weight excluding hydrogens is 388 g/mol. The Kier molecular flexibility index (Phi) is 4.51. The quantitative estimate of drug-likeness (QED) is 0.473. The molecule has 5 rings (SSSR count). The van der Waals surface area contributed by atoms with Crippen LogP contribution < -0.4 is 10.6 Å². The lowest BCUT2D eigenvalue weighted by Gasteiger charge is -2.22. The van der Waals surface area contributed by atoms with Crippen molar-refractivity contribution < 1.29 is 9.53 Å². The second-order valence-corrected chi connectivity index (χ2v) is 8.09. The molecule has 0 radical (unpaired) electrons. The monoisotopic (exact) mass is 408 g/mol. The molecule has 1 atom stereocenters. The predicted molar refractivity (Wildman–Crippen MR) is 113 cm³/mol. The van der Waals surface area contributed by atoms with Crippen LogP contribution in [0.2, 0.25) is 0 Å². The van der Waals surface area contributed by atoms with Crippen LogP contribution in [0.1, 0.15) is 23.8 Å². The Bertz CT molecular complexity index is 1200. The van der Waals surface area contributed by atoms with Gasteiger partial charge >= 0.3 is 6.09 Å². The molecule has 0 aliphatic heterocycles. The molecule has 1 amide bonds. The normalized spacial score (nSPS) is 16.0. The fourth-order valence-electron chi connectivity index (χ4n) is 3.77. The van der Waals surface area contributed by atoms with Crippen molar-refractivity contribution >= 4 is 50.1 Å². The Labute approximate surface area is 170 Å². The predicted octanol–water partition coefficient (Wildman–Crippen LogP) is 3.91. The molecule has 3 heterocycles. The van der Waals surface area contributed by atoms with Gasteiger partial charge < -0.3 is 15.4 Å². The maximum absolute atomic E-state index is 11.8. The molecule has 8 nitrogen and oxygen atoms in total. The van der Waals surface area contributed by atoms with Gasteiger partial charge in [-0.3, -0.25) is 5.10 Å². The van der Waals surface area contributed by atoms with Gasteiger partial charge in [-0.25, -0.2) is 14.8 Å². The smallest absolute Gasteiger partial charge is 0.407 e. The van der Waals surface area contributed by atoms with E-state index in [0.717, 1.165) is 45.5 Å². The highest BCUT2D eigenvalue weighted by atomic mass is 32.1. The number of alkyl carbamates (subject to hydrolysis) is 1. The van der Waals surface area contributed by atoms with Gasteiger partial charge in [0.05, 0.1) is 17.1 Å². The van der Waals surface area contributed by atoms with E-state index in [4.69, 9.17) is 4.74 Å². The maximum atomic E-state index is 11.8. The number of rotatable bonds is 4. The highest BCUT2D eigenvalue weighted by Gasteiger charge is 2.27. The van der Waals surface area contributed by atoms with Crippen LogP contribution in [-0.2, 0) is 17.6 Å². The van der Waals surface area contributed by atoms with E-state index in [1.54, 1.807) is 23.9 Å². The maximum Gasteiger partial charge on any atom is 0.407 e. The number of aromatic amines is 1. The molecule has 148 valence electrons. The number of aryl methyl sites for hydroxylation is 1. The molecule has 1 unspecified atom stereocenters. The Hall–Kier alpha value is -3.20. The highest BCUT2D eigenvalue weighted by Crippen LogP contribution is 2.39. The van der Waals surface area contributed by atoms with Crippen LogP contribution in [0.3, 0.4) is 0 Å². The van der Waals surface area contributed by atoms with Crippen molar-refractivity contribution in [2.24, 2.45) is 0 Å². The third kappa shape index (κ3) is 3.38. The van der Waals surface area contributed by atoms with E-state index in [1.807, 2.05) is 25.1 Å². The lowest BCUT2D eigenvalue weighted by Crippen LogP contribution is -2.31. The molecule has 9 heteroatoms. The third-order valence-electron chi connectivity index (χ3n) is 5.10. The van der Waals surface area contributed by atoms with Gasteiger partial charge in [-0.2, -0.15) is 5.10 Å². The minimum Gasteiger partial charge on any atom is -0.446 e. The second kappa shape index (κ2) is 7.32. The molecule has 0 bridgehead atoms. The Morgan fingerprint density at radius 3 is 3.21 bits per heavy atom. The molecule has 0 fully saturated rings. The van der Waals surface area contributed by atoms with Crippen LogP contribution in [-0.4, -0.2) is 38.9 Å². The number of amides is 1. The number of nitrogens with zero attached hydrogens (tertiary/aromatic N) is 3. The topological polar surface area (TPSA) is 105 Å². The van der Waals surface area contributed by atoms with Gasteiger partial charge in [0.15, 0.2) is 0 Å². The van der Waals surface area contributed by atoms with Crippen LogP contribution >= 0.6 is 11.3 Å². The number of H-pyrrole nitrogens is 1. The SMILES string of the molecule is CCNC(=O)OC1CCc2c(sc3ncnc(Nc4ccc5[nH]ncc5c4)c23)C1. The number of nitrogens with one attached hydrogen (secondary N) is 3. The summed E-state index contributed by atoms with van der Waals surface area (Å²) >= 11 is 1.65. The van der Waals surface area contributed by atoms with Gasteiger partial charge in [0.1, 0.15) is 23.1 Å². The first-order valence-corrected chi connectivity index (χ1v) is 10.4. The van der Waals surface area contributed by atoms with Gasteiger partial charge in [0.25, 0.3) is 0 Å². The Morgan fingerprint density at radius 1 is 1.38 bits per heavy atom. The number of ether oxygens (including phenoxy) is 1. The molecule has 0 saturated carbocycles. The van der Waals surface area contributed by atoms with Crippen LogP contribution in [0.25, 0.3) is 21.1 Å². The van der Waals surface area contributed by atoms with E-state index in [1.165, 1.54) is 10.4 Å². The Balaban J connectivity index is 1.44. The van der Waals surface area contributed by atoms with Crippen molar-refractivity contribution in [2.75, 3.05) is 11.9 Å². The summed E-state index contributed by atoms with van der Waals surface area (Å²) in [7, 11) is 0. The summed E-state index contributed by atoms with van der Waals surface area (Å²) in [4.78, 5) is 22.9. The first-order chi connectivity index (χ1) is 14.2. The van der Waals surface area contributed by atoms with Crippen LogP contribution in [0.15, 0.2) is 30.7 Å². The lowest BCUT2D eigenvalue weighted by molar-refractivity contribution is 0.0907. The number of fused-ring (bicyclic) bond motifs is 4. The zero-order chi connectivity index (χ0) is 19.8. The largest absolute Gasteiger partial charge is 0.446 e. The number of benzene rings is 1. The lowest BCUT2D eigenvalue weighted by atomic mass is 9.94. The van der Waals surface area contributed by atoms with Gasteiger partial charge in [-0.15, -0.1) is 11.3 Å². The van der Waals surface area contributed by atoms with Crippen molar-refractivity contribution in [1.82, 2.24) is 25.5 Å². The molecule has 0 spiro atoms. The van der Waals surface area contributed by atoms with E-state index in [9.17, 15) is 4.79 Å². The number of carbonyl (C=O) groups excluding carboxylic acids is 1. The first kappa shape index (κ1) is 17.9. The number of thiophene rings is 1. The summed E-state index contributed by atoms with van der Waals surface area (Å²) in [5.74, 6) is 0.804. The molecule has 4 aromatic rings. The average molecular weight is 408 g/mol. The van der Waals surface area contributed by atoms with Crippen molar-refractivity contribution in [3.05, 3.63) is 41.2 Å². The minimum atomic E-state index is -0.348. The number of hydrogen-bond acceptors (Lipinski definition) is 7. The summed E-state index contributed by atoms with van der Waals surface area (Å²) in [5.41, 5.74) is 3.20. The van der Waals surface area contributed by atoms with E-state index < -0.39 is 0 Å². The molecule has 1 aliphatic rings. The molecule has 0 saturated heterocycles. The van der Waals surface area contributed by atoms with Crippen molar-refractivity contribution in [1.29, 1.82) is 0 Å². The number of carbonyl (C=O) groups is 1. The average Bonchev–Trinajstić information content (AvgIpc) is 3.32. The first-order valence-electron chi connectivity index (χ1n) is 9.61. The zero-order valence-corrected chi connectivity index (χ0v) is 16.7. The van der Waals surface area contributed by atoms with Crippen LogP contribution in [0.4, 0.5) is 16.3 Å². The Morgan fingerprint density at radius 2 is 2.31 bits per heavy atom. The van der Waals surface area contributed by atoms with Crippen molar-refractivity contribution in [3.8, 4) is 0 Å². The number of aromatic nitrogens is 4. The molecule has 29 heavy (non-hydrogen) atoms. The van der Waals surface area contributed by atoms with E-state index in [-0.39, 0.29) is 12.2 Å². The van der Waals surface area contributed by atoms with Gasteiger partial charge in [0.2, 0.25) is 0 Å². The standard InChI is InChI=1S/C20H20N6O2S/c1-2-21-20(27)28-13-4-5-14-16(8-13)29-19-17(14)18(22-10-23-19)25-12-3-6-15-11(7-12)9-24-26-15/h3,6-7,9-10,13H,2,4-5,8H2,1H3,(H,21,27)(H,24,26)(H,22,23,25). The second-order valence-electron chi connectivity index (χ2n) is 7.00. The van der Waals surface area contributed by atoms with Gasteiger partial charge in [-0.1, -0.05) is 0 Å². The van der Waals surface area contributed by atoms with E-state index in [0.29, 0.717) is 13.0 Å². The summed E-state index contributed by atoms with van der Waals surface area (Å²) in [6, 6.07) is 6.04. The highest BCUT2D eigenvalue weighted by molar-refractivity contribution is 7.19. The fraction of sp³-hybridized carbons (Fsp3) is 0.300. The molecule has 1 aromatic carbocycles. The number of hydrogen-bond donors (Lipinski definition) is 3. The summed E-state index contributed by atoms with van der Waals surface area (Å²) in [5, 5.41) is 15.3. The van der Waals surface area contributed by atoms with E-state index >= 15 is 0 Å². The summed E-state index contributed by atoms with van der Waals surface area (Å²) in [6.07, 6.45) is 5.29. The van der Waals surface area contributed by atoms with Crippen molar-refractivity contribution in [2.45, 2.75) is 32.3 Å². The van der Waals surface area contributed by atoms with Crippen LogP contribution in [0, 0.1) is 0 Å². The molecular formula is C20H20N6O2S. The van der Waals surface area contributed by atoms with Gasteiger partial charge in [0, 0.05) is 28.9 Å². The molecule has 3 aromatic heterocycles. The molecule has 1 aliphatic carbocycles. The van der Waals surface area contributed by atoms with Gasteiger partial charge in [-0.05, 0) is 43.5 Å². The van der Waals surface area contributed by atoms with Crippen LogP contribution in [0.5, 0.6) is 0 Å². The number of anilines is 2. The van der Waals surface area contributed by atoms with Crippen molar-refractivity contribution in [3.63, 3.8) is 0 Å². The zero-order valence-electron chi connectivity index (χ0n) is 15.9. The summed E-state index contributed by atoms with van der Waals surface area (Å²) in [6.45, 7) is 2.44. The third-order valence-corrected chi connectivity index (χ3v) is 6.26. The fourth-order valence-corrected chi connectivity index (χ4v) is 5.02. The molecule has 3 N–H and O–H groups in total.